The van der Waals surface area contributed by atoms with Gasteiger partial charge in [-0.25, -0.2) is 0 Å². The van der Waals surface area contributed by atoms with E-state index >= 15 is 0 Å². The molecule has 60 valence electrons. The minimum atomic E-state index is 0.0590. The van der Waals surface area contributed by atoms with Crippen LogP contribution in [0.4, 0.5) is 0 Å². The van der Waals surface area contributed by atoms with Crippen molar-refractivity contribution in [1.29, 1.82) is 0 Å². The summed E-state index contributed by atoms with van der Waals surface area (Å²) < 4.78 is 0. The number of hydrogen-bond acceptors (Lipinski definition) is 2. The molecular weight excluding hydrogens is 138 g/mol. The van der Waals surface area contributed by atoms with Gasteiger partial charge < -0.3 is 0 Å². The normalized spacial score (nSPS) is 22.5. The van der Waals surface area contributed by atoms with Crippen LogP contribution in [0.3, 0.4) is 0 Å². The molecule has 0 radical (unpaired) electrons. The Morgan fingerprint density at radius 1 is 1.64 bits per heavy atom. The molecule has 1 aliphatic heterocycles. The van der Waals surface area contributed by atoms with E-state index in [1.165, 1.54) is 0 Å². The number of carbonyl (C=O) groups excluding carboxylic acids is 1. The highest BCUT2D eigenvalue weighted by molar-refractivity contribution is 5.99. The van der Waals surface area contributed by atoms with E-state index in [4.69, 9.17) is 0 Å². The molecule has 0 bridgehead atoms. The number of hydrogen-bond donors (Lipinski definition) is 0. The summed E-state index contributed by atoms with van der Waals surface area (Å²) in [6.45, 7) is 5.80. The summed E-state index contributed by atoms with van der Waals surface area (Å²) in [4.78, 5) is 15.3. The monoisotopic (exact) mass is 151 g/mol. The van der Waals surface area contributed by atoms with Crippen LogP contribution in [-0.2, 0) is 4.79 Å². The maximum Gasteiger partial charge on any atom is 0.183 e. The van der Waals surface area contributed by atoms with Crippen molar-refractivity contribution in [3.05, 3.63) is 11.8 Å². The van der Waals surface area contributed by atoms with Crippen LogP contribution >= 0.6 is 0 Å². The second-order valence-corrected chi connectivity index (χ2v) is 3.21. The van der Waals surface area contributed by atoms with Gasteiger partial charge in [0.1, 0.15) is 5.70 Å². The van der Waals surface area contributed by atoms with Crippen molar-refractivity contribution in [2.24, 2.45) is 16.8 Å². The molecule has 2 nitrogen and oxygen atoms in total. The van der Waals surface area contributed by atoms with Crippen LogP contribution in [0, 0.1) is 11.8 Å². The van der Waals surface area contributed by atoms with Crippen molar-refractivity contribution in [2.75, 3.05) is 0 Å². The van der Waals surface area contributed by atoms with E-state index in [9.17, 15) is 4.79 Å². The lowest BCUT2D eigenvalue weighted by molar-refractivity contribution is -0.118. The van der Waals surface area contributed by atoms with Crippen molar-refractivity contribution < 1.29 is 4.79 Å². The van der Waals surface area contributed by atoms with Crippen molar-refractivity contribution in [3.63, 3.8) is 0 Å². The Morgan fingerprint density at radius 3 is 2.64 bits per heavy atom. The van der Waals surface area contributed by atoms with Crippen LogP contribution < -0.4 is 0 Å². The molecule has 1 unspecified atom stereocenters. The van der Waals surface area contributed by atoms with Gasteiger partial charge in [-0.05, 0) is 6.08 Å². The molecule has 1 rings (SSSR count). The third-order valence-corrected chi connectivity index (χ3v) is 1.65. The Labute approximate surface area is 67.0 Å². The first-order valence-electron chi connectivity index (χ1n) is 3.91. The van der Waals surface area contributed by atoms with Crippen LogP contribution in [0.15, 0.2) is 16.8 Å². The first-order chi connectivity index (χ1) is 5.11. The predicted molar refractivity (Wildman–Crippen MR) is 45.6 cm³/mol. The SMILES string of the molecule is CC1C=NC(C(=O)C(C)C)=C1. The van der Waals surface area contributed by atoms with Crippen LogP contribution in [0.25, 0.3) is 0 Å². The highest BCUT2D eigenvalue weighted by Gasteiger charge is 2.16. The summed E-state index contributed by atoms with van der Waals surface area (Å²) in [6, 6.07) is 0. The van der Waals surface area contributed by atoms with E-state index in [0.29, 0.717) is 11.6 Å². The molecule has 0 N–H and O–H groups in total. The summed E-state index contributed by atoms with van der Waals surface area (Å²) in [5.74, 6) is 0.530. The molecule has 0 aliphatic carbocycles. The maximum atomic E-state index is 11.3. The number of allylic oxidation sites excluding steroid dienone is 2. The van der Waals surface area contributed by atoms with Crippen LogP contribution in [0.2, 0.25) is 0 Å². The van der Waals surface area contributed by atoms with Gasteiger partial charge in [0.05, 0.1) is 0 Å². The highest BCUT2D eigenvalue weighted by Crippen LogP contribution is 2.15. The summed E-state index contributed by atoms with van der Waals surface area (Å²) in [5, 5.41) is 0. The minimum Gasteiger partial charge on any atom is -0.292 e. The fraction of sp³-hybridized carbons (Fsp3) is 0.556. The van der Waals surface area contributed by atoms with E-state index in [-0.39, 0.29) is 11.7 Å². The molecule has 0 amide bonds. The second-order valence-electron chi connectivity index (χ2n) is 3.21. The van der Waals surface area contributed by atoms with Gasteiger partial charge in [-0.15, -0.1) is 0 Å². The number of carbonyl (C=O) groups is 1. The summed E-state index contributed by atoms with van der Waals surface area (Å²) in [6.07, 6.45) is 3.71. The highest BCUT2D eigenvalue weighted by atomic mass is 16.1. The van der Waals surface area contributed by atoms with E-state index in [2.05, 4.69) is 4.99 Å². The van der Waals surface area contributed by atoms with Gasteiger partial charge in [-0.1, -0.05) is 20.8 Å². The Bertz CT molecular complexity index is 226. The lowest BCUT2D eigenvalue weighted by atomic mass is 10.1. The quantitative estimate of drug-likeness (QED) is 0.592. The molecule has 0 fully saturated rings. The molecule has 2 heteroatoms. The predicted octanol–water partition coefficient (Wildman–Crippen LogP) is 1.82. The van der Waals surface area contributed by atoms with E-state index in [1.807, 2.05) is 26.8 Å². The Hall–Kier alpha value is -0.920. The second kappa shape index (κ2) is 2.99. The zero-order valence-corrected chi connectivity index (χ0v) is 7.16. The van der Waals surface area contributed by atoms with E-state index < -0.39 is 0 Å². The average molecular weight is 151 g/mol. The Balaban J connectivity index is 2.71. The third kappa shape index (κ3) is 1.76. The zero-order chi connectivity index (χ0) is 8.43. The Morgan fingerprint density at radius 2 is 2.27 bits per heavy atom. The van der Waals surface area contributed by atoms with Gasteiger partial charge in [0.15, 0.2) is 5.78 Å². The molecule has 0 aromatic heterocycles. The Kier molecular flexibility index (Phi) is 2.22. The van der Waals surface area contributed by atoms with Gasteiger partial charge in [0.25, 0.3) is 0 Å². The topological polar surface area (TPSA) is 29.4 Å². The summed E-state index contributed by atoms with van der Waals surface area (Å²) >= 11 is 0. The fourth-order valence-electron chi connectivity index (χ4n) is 0.974. The first kappa shape index (κ1) is 8.18. The van der Waals surface area contributed by atoms with Gasteiger partial charge in [0, 0.05) is 18.1 Å². The number of ketones is 1. The van der Waals surface area contributed by atoms with Crippen LogP contribution in [0.5, 0.6) is 0 Å². The molecule has 11 heavy (non-hydrogen) atoms. The zero-order valence-electron chi connectivity index (χ0n) is 7.16. The number of Topliss-reactive ketones (excluding diaryl/α,β-unsaturated/α-hetero) is 1. The third-order valence-electron chi connectivity index (χ3n) is 1.65. The molecule has 1 atom stereocenters. The maximum absolute atomic E-state index is 11.3. The molecule has 0 aromatic rings. The standard InChI is InChI=1S/C9H13NO/c1-6(2)9(11)8-4-7(3)5-10-8/h4-7H,1-3H3. The lowest BCUT2D eigenvalue weighted by Crippen LogP contribution is -2.07. The van der Waals surface area contributed by atoms with Gasteiger partial charge in [-0.3, -0.25) is 9.79 Å². The van der Waals surface area contributed by atoms with Gasteiger partial charge in [0.2, 0.25) is 0 Å². The average Bonchev–Trinajstić information content (AvgIpc) is 2.34. The van der Waals surface area contributed by atoms with Crippen molar-refractivity contribution in [3.8, 4) is 0 Å². The van der Waals surface area contributed by atoms with Gasteiger partial charge in [-0.2, -0.15) is 0 Å². The molecule has 0 aromatic carbocycles. The molecule has 1 aliphatic rings. The van der Waals surface area contributed by atoms with Crippen LogP contribution in [0.1, 0.15) is 20.8 Å². The number of rotatable bonds is 2. The lowest BCUT2D eigenvalue weighted by Gasteiger charge is -2.00. The van der Waals surface area contributed by atoms with Crippen molar-refractivity contribution in [2.45, 2.75) is 20.8 Å². The molecule has 0 saturated carbocycles. The fourth-order valence-corrected chi connectivity index (χ4v) is 0.974. The van der Waals surface area contributed by atoms with Crippen molar-refractivity contribution in [1.82, 2.24) is 0 Å². The first-order valence-corrected chi connectivity index (χ1v) is 3.91. The van der Waals surface area contributed by atoms with Gasteiger partial charge >= 0.3 is 0 Å². The largest absolute Gasteiger partial charge is 0.292 e. The van der Waals surface area contributed by atoms with E-state index in [1.54, 1.807) is 6.21 Å². The van der Waals surface area contributed by atoms with Crippen molar-refractivity contribution >= 4 is 12.0 Å². The number of nitrogens with zero attached hydrogens (tertiary/aromatic N) is 1. The van der Waals surface area contributed by atoms with Crippen LogP contribution in [-0.4, -0.2) is 12.0 Å². The molecule has 0 spiro atoms. The number of aliphatic imine (C=N–C) groups is 1. The summed E-state index contributed by atoms with van der Waals surface area (Å²) in [5.41, 5.74) is 0.632. The molecule has 0 saturated heterocycles. The minimum absolute atomic E-state index is 0.0590. The molecule has 1 heterocycles. The smallest absolute Gasteiger partial charge is 0.183 e. The molecular formula is C9H13NO. The van der Waals surface area contributed by atoms with E-state index in [0.717, 1.165) is 0 Å². The summed E-state index contributed by atoms with van der Waals surface area (Å²) in [7, 11) is 0.